The summed E-state index contributed by atoms with van der Waals surface area (Å²) in [7, 11) is 4.20. The monoisotopic (exact) mass is 233 g/mol. The molecule has 0 spiro atoms. The Balaban J connectivity index is 1.98. The molecule has 1 N–H and O–H groups in total. The second-order valence-corrected chi connectivity index (χ2v) is 4.71. The first-order valence-electron chi connectivity index (χ1n) is 6.52. The number of nitrogens with one attached hydrogen (secondary N) is 1. The van der Waals surface area contributed by atoms with Crippen LogP contribution in [0.2, 0.25) is 0 Å². The van der Waals surface area contributed by atoms with E-state index in [1.807, 2.05) is 7.05 Å². The van der Waals surface area contributed by atoms with Gasteiger partial charge in [-0.1, -0.05) is 12.1 Å². The van der Waals surface area contributed by atoms with Crippen LogP contribution in [-0.2, 0) is 0 Å². The third-order valence-corrected chi connectivity index (χ3v) is 3.44. The maximum Gasteiger partial charge on any atom is 0.0604 e. The molecule has 1 aliphatic heterocycles. The first-order valence-corrected chi connectivity index (χ1v) is 6.52. The van der Waals surface area contributed by atoms with Crippen molar-refractivity contribution < 1.29 is 0 Å². The molecule has 0 fully saturated rings. The Hall–Kier alpha value is -1.22. The standard InChI is InChI=1S/C14H23N3/c1-15-9-5-6-10-17-12-11-16(2)13-7-3-4-8-14(13)17/h3-4,7-8,15H,5-6,9-12H2,1-2H3. The van der Waals surface area contributed by atoms with Crippen LogP contribution in [0.1, 0.15) is 12.8 Å². The summed E-state index contributed by atoms with van der Waals surface area (Å²) in [4.78, 5) is 4.87. The average molecular weight is 233 g/mol. The number of unbranched alkanes of at least 4 members (excludes halogenated alkanes) is 1. The minimum Gasteiger partial charge on any atom is -0.371 e. The molecule has 0 saturated carbocycles. The number of benzene rings is 1. The highest BCUT2D eigenvalue weighted by atomic mass is 15.2. The van der Waals surface area contributed by atoms with Crippen molar-refractivity contribution >= 4 is 11.4 Å². The Bertz CT molecular complexity index is 351. The van der Waals surface area contributed by atoms with E-state index in [0.29, 0.717) is 0 Å². The quantitative estimate of drug-likeness (QED) is 0.784. The lowest BCUT2D eigenvalue weighted by atomic mass is 10.1. The summed E-state index contributed by atoms with van der Waals surface area (Å²) in [5.74, 6) is 0. The topological polar surface area (TPSA) is 18.5 Å². The highest BCUT2D eigenvalue weighted by Crippen LogP contribution is 2.31. The zero-order valence-corrected chi connectivity index (χ0v) is 10.9. The normalized spacial score (nSPS) is 14.9. The van der Waals surface area contributed by atoms with Gasteiger partial charge in [0.1, 0.15) is 0 Å². The number of rotatable bonds is 5. The molecule has 0 aromatic heterocycles. The fourth-order valence-corrected chi connectivity index (χ4v) is 2.40. The number of hydrogen-bond donors (Lipinski definition) is 1. The van der Waals surface area contributed by atoms with Crippen molar-refractivity contribution in [3.05, 3.63) is 24.3 Å². The third-order valence-electron chi connectivity index (χ3n) is 3.44. The van der Waals surface area contributed by atoms with E-state index in [2.05, 4.69) is 46.4 Å². The van der Waals surface area contributed by atoms with Gasteiger partial charge in [-0.2, -0.15) is 0 Å². The molecule has 1 aliphatic rings. The summed E-state index contributed by atoms with van der Waals surface area (Å²) in [6.45, 7) is 4.57. The van der Waals surface area contributed by atoms with Gasteiger partial charge in [-0.05, 0) is 38.6 Å². The van der Waals surface area contributed by atoms with Crippen LogP contribution in [0.4, 0.5) is 11.4 Å². The Morgan fingerprint density at radius 3 is 2.65 bits per heavy atom. The van der Waals surface area contributed by atoms with Crippen molar-refractivity contribution in [3.63, 3.8) is 0 Å². The molecule has 0 saturated heterocycles. The minimum absolute atomic E-state index is 1.12. The van der Waals surface area contributed by atoms with Gasteiger partial charge in [0.25, 0.3) is 0 Å². The Morgan fingerprint density at radius 2 is 1.88 bits per heavy atom. The van der Waals surface area contributed by atoms with Gasteiger partial charge in [-0.3, -0.25) is 0 Å². The number of likely N-dealkylation sites (N-methyl/N-ethyl adjacent to an activating group) is 1. The van der Waals surface area contributed by atoms with Crippen LogP contribution in [0.25, 0.3) is 0 Å². The number of para-hydroxylation sites is 2. The molecule has 1 aromatic rings. The largest absolute Gasteiger partial charge is 0.371 e. The van der Waals surface area contributed by atoms with Gasteiger partial charge in [0, 0.05) is 26.7 Å². The lowest BCUT2D eigenvalue weighted by Gasteiger charge is -2.37. The molecule has 0 amide bonds. The summed E-state index contributed by atoms with van der Waals surface area (Å²) in [6.07, 6.45) is 2.52. The lowest BCUT2D eigenvalue weighted by Crippen LogP contribution is -2.39. The van der Waals surface area contributed by atoms with E-state index in [1.165, 1.54) is 30.8 Å². The zero-order valence-electron chi connectivity index (χ0n) is 10.9. The molecular weight excluding hydrogens is 210 g/mol. The van der Waals surface area contributed by atoms with E-state index < -0.39 is 0 Å². The molecule has 94 valence electrons. The maximum atomic E-state index is 3.20. The molecule has 0 radical (unpaired) electrons. The van der Waals surface area contributed by atoms with Gasteiger partial charge >= 0.3 is 0 Å². The highest BCUT2D eigenvalue weighted by Gasteiger charge is 2.18. The first-order chi connectivity index (χ1) is 8.33. The van der Waals surface area contributed by atoms with Crippen LogP contribution in [0.3, 0.4) is 0 Å². The smallest absolute Gasteiger partial charge is 0.0604 e. The van der Waals surface area contributed by atoms with Crippen molar-refractivity contribution in [2.24, 2.45) is 0 Å². The third kappa shape index (κ3) is 2.91. The first kappa shape index (κ1) is 12.2. The van der Waals surface area contributed by atoms with Gasteiger partial charge in [-0.25, -0.2) is 0 Å². The summed E-state index contributed by atoms with van der Waals surface area (Å²) in [6, 6.07) is 8.72. The van der Waals surface area contributed by atoms with Gasteiger partial charge in [0.2, 0.25) is 0 Å². The van der Waals surface area contributed by atoms with Gasteiger partial charge in [0.15, 0.2) is 0 Å². The zero-order chi connectivity index (χ0) is 12.1. The molecule has 17 heavy (non-hydrogen) atoms. The van der Waals surface area contributed by atoms with Crippen molar-refractivity contribution in [1.29, 1.82) is 0 Å². The van der Waals surface area contributed by atoms with Crippen molar-refractivity contribution in [1.82, 2.24) is 5.32 Å². The van der Waals surface area contributed by atoms with E-state index >= 15 is 0 Å². The maximum absolute atomic E-state index is 3.20. The number of hydrogen-bond acceptors (Lipinski definition) is 3. The van der Waals surface area contributed by atoms with E-state index in [1.54, 1.807) is 0 Å². The van der Waals surface area contributed by atoms with Crippen molar-refractivity contribution in [3.8, 4) is 0 Å². The van der Waals surface area contributed by atoms with E-state index in [0.717, 1.165) is 19.6 Å². The van der Waals surface area contributed by atoms with Crippen LogP contribution < -0.4 is 15.1 Å². The molecule has 2 rings (SSSR count). The predicted octanol–water partition coefficient (Wildman–Crippen LogP) is 1.94. The molecule has 3 nitrogen and oxygen atoms in total. The van der Waals surface area contributed by atoms with Crippen LogP contribution in [0.5, 0.6) is 0 Å². The molecular formula is C14H23N3. The average Bonchev–Trinajstić information content (AvgIpc) is 2.37. The highest BCUT2D eigenvalue weighted by molar-refractivity contribution is 5.72. The predicted molar refractivity (Wildman–Crippen MR) is 75.1 cm³/mol. The molecule has 1 heterocycles. The SMILES string of the molecule is CNCCCCN1CCN(C)c2ccccc21. The van der Waals surface area contributed by atoms with Gasteiger partial charge < -0.3 is 15.1 Å². The van der Waals surface area contributed by atoms with Gasteiger partial charge in [-0.15, -0.1) is 0 Å². The van der Waals surface area contributed by atoms with Crippen LogP contribution >= 0.6 is 0 Å². The molecule has 0 bridgehead atoms. The number of nitrogens with zero attached hydrogens (tertiary/aromatic N) is 2. The fourth-order valence-electron chi connectivity index (χ4n) is 2.40. The van der Waals surface area contributed by atoms with Crippen molar-refractivity contribution in [2.45, 2.75) is 12.8 Å². The summed E-state index contributed by atoms with van der Waals surface area (Å²) in [5, 5.41) is 3.20. The van der Waals surface area contributed by atoms with E-state index in [9.17, 15) is 0 Å². The molecule has 0 unspecified atom stereocenters. The fraction of sp³-hybridized carbons (Fsp3) is 0.571. The van der Waals surface area contributed by atoms with E-state index in [-0.39, 0.29) is 0 Å². The Kier molecular flexibility index (Phi) is 4.26. The number of anilines is 2. The second-order valence-electron chi connectivity index (χ2n) is 4.71. The second kappa shape index (κ2) is 5.92. The number of fused-ring (bicyclic) bond motifs is 1. The molecule has 1 aromatic carbocycles. The molecule has 0 atom stereocenters. The summed E-state index contributed by atoms with van der Waals surface area (Å²) in [5.41, 5.74) is 2.76. The summed E-state index contributed by atoms with van der Waals surface area (Å²) >= 11 is 0. The molecule has 3 heteroatoms. The van der Waals surface area contributed by atoms with Crippen molar-refractivity contribution in [2.75, 3.05) is 50.1 Å². The lowest BCUT2D eigenvalue weighted by molar-refractivity contribution is 0.641. The van der Waals surface area contributed by atoms with Crippen LogP contribution in [0, 0.1) is 0 Å². The van der Waals surface area contributed by atoms with E-state index in [4.69, 9.17) is 0 Å². The molecule has 0 aliphatic carbocycles. The van der Waals surface area contributed by atoms with Crippen LogP contribution in [-0.4, -0.2) is 40.3 Å². The summed E-state index contributed by atoms with van der Waals surface area (Å²) < 4.78 is 0. The Morgan fingerprint density at radius 1 is 1.12 bits per heavy atom. The Labute approximate surface area is 104 Å². The minimum atomic E-state index is 1.12. The van der Waals surface area contributed by atoms with Crippen LogP contribution in [0.15, 0.2) is 24.3 Å². The van der Waals surface area contributed by atoms with Gasteiger partial charge in [0.05, 0.1) is 11.4 Å².